The number of nitrogens with two attached hydrogens (primary N) is 1. The van der Waals surface area contributed by atoms with Gasteiger partial charge in [0.1, 0.15) is 10.6 Å². The molecule has 0 saturated heterocycles. The number of thiophene rings is 2. The molecule has 0 amide bonds. The number of rotatable bonds is 3. The van der Waals surface area contributed by atoms with Gasteiger partial charge in [-0.3, -0.25) is 0 Å². The minimum Gasteiger partial charge on any atom is -0.462 e. The Hall–Kier alpha value is -1.04. The van der Waals surface area contributed by atoms with E-state index in [1.807, 2.05) is 16.8 Å². The van der Waals surface area contributed by atoms with Crippen LogP contribution in [0, 0.1) is 0 Å². The van der Waals surface area contributed by atoms with Gasteiger partial charge in [-0.25, -0.2) is 4.79 Å². The standard InChI is InChI=1S/C11H10ClNO2S2/c1-2-15-11(14)9-7(5-17-10(9)13)6-3-8(12)16-4-6/h3-5H,2,13H2,1H3. The molecule has 2 N–H and O–H groups in total. The largest absolute Gasteiger partial charge is 0.462 e. The first-order valence-electron chi connectivity index (χ1n) is 4.92. The molecule has 0 spiro atoms. The van der Waals surface area contributed by atoms with Crippen molar-refractivity contribution >= 4 is 45.2 Å². The average molecular weight is 288 g/mol. The molecule has 17 heavy (non-hydrogen) atoms. The summed E-state index contributed by atoms with van der Waals surface area (Å²) in [5.74, 6) is -0.386. The topological polar surface area (TPSA) is 52.3 Å². The lowest BCUT2D eigenvalue weighted by atomic mass is 10.1. The summed E-state index contributed by atoms with van der Waals surface area (Å²) in [6.07, 6.45) is 0. The smallest absolute Gasteiger partial charge is 0.341 e. The Balaban J connectivity index is 2.45. The predicted octanol–water partition coefficient (Wildman–Crippen LogP) is 3.89. The van der Waals surface area contributed by atoms with Crippen molar-refractivity contribution in [2.45, 2.75) is 6.92 Å². The highest BCUT2D eigenvalue weighted by Gasteiger charge is 2.20. The monoisotopic (exact) mass is 287 g/mol. The van der Waals surface area contributed by atoms with E-state index < -0.39 is 0 Å². The van der Waals surface area contributed by atoms with Gasteiger partial charge in [0.25, 0.3) is 0 Å². The van der Waals surface area contributed by atoms with Crippen LogP contribution in [-0.4, -0.2) is 12.6 Å². The molecule has 6 heteroatoms. The molecule has 0 unspecified atom stereocenters. The van der Waals surface area contributed by atoms with Crippen LogP contribution in [0.25, 0.3) is 11.1 Å². The normalized spacial score (nSPS) is 10.5. The first-order valence-corrected chi connectivity index (χ1v) is 7.05. The molecule has 0 aliphatic rings. The summed E-state index contributed by atoms with van der Waals surface area (Å²) in [4.78, 5) is 11.8. The maximum atomic E-state index is 11.8. The summed E-state index contributed by atoms with van der Waals surface area (Å²) in [5, 5.41) is 4.22. The third-order valence-corrected chi connectivity index (χ3v) is 4.08. The van der Waals surface area contributed by atoms with Crippen molar-refractivity contribution in [2.24, 2.45) is 0 Å². The molecule has 2 heterocycles. The molecule has 0 saturated carbocycles. The Morgan fingerprint density at radius 2 is 2.24 bits per heavy atom. The van der Waals surface area contributed by atoms with E-state index in [0.29, 0.717) is 21.5 Å². The van der Waals surface area contributed by atoms with Crippen LogP contribution in [0.2, 0.25) is 4.34 Å². The number of carbonyl (C=O) groups is 1. The lowest BCUT2D eigenvalue weighted by molar-refractivity contribution is 0.0529. The van der Waals surface area contributed by atoms with Gasteiger partial charge in [0.05, 0.1) is 10.9 Å². The summed E-state index contributed by atoms with van der Waals surface area (Å²) in [6.45, 7) is 2.10. The predicted molar refractivity (Wildman–Crippen MR) is 73.0 cm³/mol. The highest BCUT2D eigenvalue weighted by Crippen LogP contribution is 2.37. The molecule has 0 atom stereocenters. The molecule has 2 aromatic rings. The molecule has 0 aromatic carbocycles. The van der Waals surface area contributed by atoms with Crippen LogP contribution in [0.15, 0.2) is 16.8 Å². The van der Waals surface area contributed by atoms with Crippen molar-refractivity contribution < 1.29 is 9.53 Å². The third kappa shape index (κ3) is 2.46. The van der Waals surface area contributed by atoms with Crippen LogP contribution >= 0.6 is 34.3 Å². The van der Waals surface area contributed by atoms with Gasteiger partial charge in [-0.15, -0.1) is 22.7 Å². The summed E-state index contributed by atoms with van der Waals surface area (Å²) in [7, 11) is 0. The van der Waals surface area contributed by atoms with E-state index in [9.17, 15) is 4.79 Å². The summed E-state index contributed by atoms with van der Waals surface area (Å²) < 4.78 is 5.67. The minimum atomic E-state index is -0.386. The van der Waals surface area contributed by atoms with Crippen molar-refractivity contribution in [1.29, 1.82) is 0 Å². The Morgan fingerprint density at radius 1 is 1.47 bits per heavy atom. The van der Waals surface area contributed by atoms with Crippen molar-refractivity contribution in [3.05, 3.63) is 26.7 Å². The molecule has 3 nitrogen and oxygen atoms in total. The fourth-order valence-corrected chi connectivity index (χ4v) is 3.14. The van der Waals surface area contributed by atoms with E-state index in [1.54, 1.807) is 6.92 Å². The van der Waals surface area contributed by atoms with Crippen LogP contribution < -0.4 is 5.73 Å². The Morgan fingerprint density at radius 3 is 2.82 bits per heavy atom. The number of anilines is 1. The summed E-state index contributed by atoms with van der Waals surface area (Å²) in [5.41, 5.74) is 7.93. The van der Waals surface area contributed by atoms with E-state index in [2.05, 4.69) is 0 Å². The van der Waals surface area contributed by atoms with Crippen LogP contribution in [0.5, 0.6) is 0 Å². The van der Waals surface area contributed by atoms with Crippen LogP contribution in [0.4, 0.5) is 5.00 Å². The van der Waals surface area contributed by atoms with Crippen molar-refractivity contribution in [3.8, 4) is 11.1 Å². The third-order valence-electron chi connectivity index (χ3n) is 2.18. The van der Waals surface area contributed by atoms with Gasteiger partial charge in [-0.1, -0.05) is 11.6 Å². The van der Waals surface area contributed by atoms with E-state index in [1.165, 1.54) is 22.7 Å². The van der Waals surface area contributed by atoms with E-state index in [-0.39, 0.29) is 5.97 Å². The molecular formula is C11H10ClNO2S2. The van der Waals surface area contributed by atoms with Gasteiger partial charge in [0.2, 0.25) is 0 Å². The Labute approximate surface area is 112 Å². The van der Waals surface area contributed by atoms with Crippen molar-refractivity contribution in [3.63, 3.8) is 0 Å². The number of hydrogen-bond acceptors (Lipinski definition) is 5. The highest BCUT2D eigenvalue weighted by atomic mass is 35.5. The number of hydrogen-bond donors (Lipinski definition) is 1. The molecule has 2 rings (SSSR count). The van der Waals surface area contributed by atoms with Crippen LogP contribution in [0.3, 0.4) is 0 Å². The van der Waals surface area contributed by atoms with Crippen LogP contribution in [-0.2, 0) is 4.74 Å². The second-order valence-corrected chi connectivity index (χ2v) is 5.70. The second-order valence-electron chi connectivity index (χ2n) is 3.25. The SMILES string of the molecule is CCOC(=O)c1c(-c2csc(Cl)c2)csc1N. The lowest BCUT2D eigenvalue weighted by Crippen LogP contribution is -2.06. The van der Waals surface area contributed by atoms with Gasteiger partial charge in [-0.05, 0) is 18.6 Å². The molecule has 0 radical (unpaired) electrons. The zero-order valence-electron chi connectivity index (χ0n) is 9.03. The molecular weight excluding hydrogens is 278 g/mol. The molecule has 0 aliphatic heterocycles. The maximum absolute atomic E-state index is 11.8. The molecule has 0 aliphatic carbocycles. The molecule has 2 aromatic heterocycles. The maximum Gasteiger partial charge on any atom is 0.341 e. The molecule has 0 fully saturated rings. The lowest BCUT2D eigenvalue weighted by Gasteiger charge is -2.03. The highest BCUT2D eigenvalue weighted by molar-refractivity contribution is 7.15. The number of esters is 1. The zero-order valence-corrected chi connectivity index (χ0v) is 11.4. The number of halogens is 1. The first kappa shape index (κ1) is 12.4. The van der Waals surface area contributed by atoms with E-state index in [4.69, 9.17) is 22.1 Å². The van der Waals surface area contributed by atoms with Gasteiger partial charge in [0.15, 0.2) is 0 Å². The van der Waals surface area contributed by atoms with E-state index in [0.717, 1.165) is 11.1 Å². The van der Waals surface area contributed by atoms with Crippen molar-refractivity contribution in [2.75, 3.05) is 12.3 Å². The number of carbonyl (C=O) groups excluding carboxylic acids is 1. The Bertz CT molecular complexity index is 547. The fraction of sp³-hybridized carbons (Fsp3) is 0.182. The summed E-state index contributed by atoms with van der Waals surface area (Å²) in [6, 6.07) is 1.82. The second kappa shape index (κ2) is 5.08. The minimum absolute atomic E-state index is 0.331. The van der Waals surface area contributed by atoms with Gasteiger partial charge in [-0.2, -0.15) is 0 Å². The number of nitrogen functional groups attached to an aromatic ring is 1. The van der Waals surface area contributed by atoms with E-state index >= 15 is 0 Å². The van der Waals surface area contributed by atoms with Gasteiger partial charge < -0.3 is 10.5 Å². The summed E-state index contributed by atoms with van der Waals surface area (Å²) >= 11 is 8.63. The molecule has 0 bridgehead atoms. The van der Waals surface area contributed by atoms with Crippen LogP contribution in [0.1, 0.15) is 17.3 Å². The quantitative estimate of drug-likeness (QED) is 0.871. The van der Waals surface area contributed by atoms with Gasteiger partial charge >= 0.3 is 5.97 Å². The van der Waals surface area contributed by atoms with Crippen molar-refractivity contribution in [1.82, 2.24) is 0 Å². The Kier molecular flexibility index (Phi) is 3.71. The first-order chi connectivity index (χ1) is 8.13. The fourth-order valence-electron chi connectivity index (χ4n) is 1.45. The molecule has 90 valence electrons. The number of ether oxygens (including phenoxy) is 1. The average Bonchev–Trinajstić information content (AvgIpc) is 2.85. The van der Waals surface area contributed by atoms with Gasteiger partial charge in [0, 0.05) is 16.3 Å². The zero-order chi connectivity index (χ0) is 12.4.